The number of anilines is 1. The Morgan fingerprint density at radius 1 is 0.952 bits per heavy atom. The third-order valence-electron chi connectivity index (χ3n) is 3.21. The van der Waals surface area contributed by atoms with Crippen LogP contribution in [0.5, 0.6) is 11.5 Å². The summed E-state index contributed by atoms with van der Waals surface area (Å²) in [5.74, 6) is 1.53. The van der Waals surface area contributed by atoms with E-state index in [-0.39, 0.29) is 6.04 Å². The van der Waals surface area contributed by atoms with E-state index >= 15 is 0 Å². The van der Waals surface area contributed by atoms with Crippen LogP contribution in [-0.2, 0) is 0 Å². The fourth-order valence-electron chi connectivity index (χ4n) is 2.09. The normalized spacial score (nSPS) is 11.9. The third kappa shape index (κ3) is 3.74. The summed E-state index contributed by atoms with van der Waals surface area (Å²) in [6.07, 6.45) is 0. The van der Waals surface area contributed by atoms with Gasteiger partial charge in [-0.3, -0.25) is 0 Å². The number of rotatable bonds is 5. The van der Waals surface area contributed by atoms with Crippen LogP contribution < -0.4 is 14.8 Å². The average Bonchev–Trinajstić information content (AvgIpc) is 2.50. The zero-order valence-corrected chi connectivity index (χ0v) is 13.6. The molecule has 0 fully saturated rings. The number of hydrogen-bond acceptors (Lipinski definition) is 3. The summed E-state index contributed by atoms with van der Waals surface area (Å²) in [5, 5.41) is 4.44. The van der Waals surface area contributed by atoms with Gasteiger partial charge in [-0.2, -0.15) is 0 Å². The summed E-state index contributed by atoms with van der Waals surface area (Å²) < 4.78 is 10.6. The summed E-state index contributed by atoms with van der Waals surface area (Å²) in [4.78, 5) is 0. The second-order valence-corrected chi connectivity index (χ2v) is 5.42. The van der Waals surface area contributed by atoms with Crippen LogP contribution in [0.25, 0.3) is 0 Å². The predicted molar refractivity (Wildman–Crippen MR) is 88.0 cm³/mol. The molecule has 0 saturated carbocycles. The molecule has 3 nitrogen and oxygen atoms in total. The number of ether oxygens (including phenoxy) is 2. The molecule has 0 aliphatic carbocycles. The van der Waals surface area contributed by atoms with E-state index < -0.39 is 0 Å². The van der Waals surface area contributed by atoms with Crippen molar-refractivity contribution < 1.29 is 9.47 Å². The highest BCUT2D eigenvalue weighted by atomic mass is 35.5. The van der Waals surface area contributed by atoms with Gasteiger partial charge in [0, 0.05) is 17.3 Å². The molecule has 2 aromatic carbocycles. The van der Waals surface area contributed by atoms with Crippen molar-refractivity contribution in [3.63, 3.8) is 0 Å². The minimum Gasteiger partial charge on any atom is -0.497 e. The standard InChI is InChI=1S/C16H17Cl2NO2/c1-10(19-11-4-7-14(17)15(18)8-11)13-6-5-12(20-2)9-16(13)21-3/h4-10,19H,1-3H3. The lowest BCUT2D eigenvalue weighted by atomic mass is 10.1. The molecule has 1 atom stereocenters. The molecule has 0 bridgehead atoms. The molecule has 1 N–H and O–H groups in total. The second-order valence-electron chi connectivity index (χ2n) is 4.60. The highest BCUT2D eigenvalue weighted by molar-refractivity contribution is 6.42. The summed E-state index contributed by atoms with van der Waals surface area (Å²) in [7, 11) is 3.27. The van der Waals surface area contributed by atoms with Crippen LogP contribution in [0.4, 0.5) is 5.69 Å². The highest BCUT2D eigenvalue weighted by Gasteiger charge is 2.13. The van der Waals surface area contributed by atoms with E-state index in [9.17, 15) is 0 Å². The van der Waals surface area contributed by atoms with Gasteiger partial charge in [-0.15, -0.1) is 0 Å². The number of hydrogen-bond donors (Lipinski definition) is 1. The molecule has 0 aliphatic rings. The molecular formula is C16H17Cl2NO2. The summed E-state index contributed by atoms with van der Waals surface area (Å²) >= 11 is 11.9. The number of halogens is 2. The van der Waals surface area contributed by atoms with Crippen molar-refractivity contribution in [1.29, 1.82) is 0 Å². The Kier molecular flexibility index (Phi) is 5.21. The van der Waals surface area contributed by atoms with Crippen LogP contribution in [0.1, 0.15) is 18.5 Å². The van der Waals surface area contributed by atoms with Gasteiger partial charge in [-0.25, -0.2) is 0 Å². The lowest BCUT2D eigenvalue weighted by Crippen LogP contribution is -2.08. The van der Waals surface area contributed by atoms with Crippen molar-refractivity contribution in [2.45, 2.75) is 13.0 Å². The highest BCUT2D eigenvalue weighted by Crippen LogP contribution is 2.32. The molecule has 0 aliphatic heterocycles. The van der Waals surface area contributed by atoms with E-state index in [1.165, 1.54) is 0 Å². The Morgan fingerprint density at radius 3 is 2.33 bits per heavy atom. The van der Waals surface area contributed by atoms with Gasteiger partial charge < -0.3 is 14.8 Å². The van der Waals surface area contributed by atoms with Gasteiger partial charge in [0.05, 0.1) is 30.3 Å². The Bertz CT molecular complexity index is 632. The first-order valence-electron chi connectivity index (χ1n) is 6.48. The van der Waals surface area contributed by atoms with Gasteiger partial charge in [0.2, 0.25) is 0 Å². The summed E-state index contributed by atoms with van der Waals surface area (Å²) in [5.41, 5.74) is 1.93. The average molecular weight is 326 g/mol. The number of methoxy groups -OCH3 is 2. The Morgan fingerprint density at radius 2 is 1.71 bits per heavy atom. The predicted octanol–water partition coefficient (Wildman–Crippen LogP) is 5.18. The van der Waals surface area contributed by atoms with Crippen molar-refractivity contribution >= 4 is 28.9 Å². The van der Waals surface area contributed by atoms with Crippen LogP contribution >= 0.6 is 23.2 Å². The van der Waals surface area contributed by atoms with Crippen LogP contribution in [0, 0.1) is 0 Å². The van der Waals surface area contributed by atoms with Gasteiger partial charge >= 0.3 is 0 Å². The van der Waals surface area contributed by atoms with Crippen molar-refractivity contribution in [3.05, 3.63) is 52.0 Å². The fraction of sp³-hybridized carbons (Fsp3) is 0.250. The van der Waals surface area contributed by atoms with Gasteiger partial charge in [-0.05, 0) is 37.3 Å². The van der Waals surface area contributed by atoms with Gasteiger partial charge in [0.15, 0.2) is 0 Å². The molecule has 2 aromatic rings. The Labute approximate surface area is 134 Å². The van der Waals surface area contributed by atoms with Crippen LogP contribution in [0.3, 0.4) is 0 Å². The monoisotopic (exact) mass is 325 g/mol. The molecule has 0 heterocycles. The first kappa shape index (κ1) is 15.8. The zero-order chi connectivity index (χ0) is 15.4. The molecule has 112 valence electrons. The van der Waals surface area contributed by atoms with E-state index in [2.05, 4.69) is 5.32 Å². The maximum Gasteiger partial charge on any atom is 0.127 e. The fourth-order valence-corrected chi connectivity index (χ4v) is 2.39. The third-order valence-corrected chi connectivity index (χ3v) is 3.95. The molecule has 2 rings (SSSR count). The molecule has 1 unspecified atom stereocenters. The molecular weight excluding hydrogens is 309 g/mol. The lowest BCUT2D eigenvalue weighted by Gasteiger charge is -2.19. The van der Waals surface area contributed by atoms with Crippen molar-refractivity contribution in [2.75, 3.05) is 19.5 Å². The second kappa shape index (κ2) is 6.92. The summed E-state index contributed by atoms with van der Waals surface area (Å²) in [6.45, 7) is 2.05. The molecule has 0 spiro atoms. The molecule has 0 amide bonds. The number of benzene rings is 2. The largest absolute Gasteiger partial charge is 0.497 e. The van der Waals surface area contributed by atoms with E-state index in [0.29, 0.717) is 10.0 Å². The summed E-state index contributed by atoms with van der Waals surface area (Å²) in [6, 6.07) is 11.3. The van der Waals surface area contributed by atoms with E-state index in [4.69, 9.17) is 32.7 Å². The SMILES string of the molecule is COc1ccc(C(C)Nc2ccc(Cl)c(Cl)c2)c(OC)c1. The molecule has 5 heteroatoms. The van der Waals surface area contributed by atoms with E-state index in [1.54, 1.807) is 26.4 Å². The van der Waals surface area contributed by atoms with E-state index in [1.807, 2.05) is 31.2 Å². The Hall–Kier alpha value is -1.58. The zero-order valence-electron chi connectivity index (χ0n) is 12.1. The quantitative estimate of drug-likeness (QED) is 0.821. The first-order valence-corrected chi connectivity index (χ1v) is 7.24. The molecule has 21 heavy (non-hydrogen) atoms. The van der Waals surface area contributed by atoms with Gasteiger partial charge in [-0.1, -0.05) is 23.2 Å². The van der Waals surface area contributed by atoms with Crippen LogP contribution in [0.15, 0.2) is 36.4 Å². The van der Waals surface area contributed by atoms with Crippen LogP contribution in [0.2, 0.25) is 10.0 Å². The van der Waals surface area contributed by atoms with Crippen molar-refractivity contribution in [1.82, 2.24) is 0 Å². The Balaban J connectivity index is 2.23. The van der Waals surface area contributed by atoms with Gasteiger partial charge in [0.25, 0.3) is 0 Å². The minimum atomic E-state index is 0.0445. The lowest BCUT2D eigenvalue weighted by molar-refractivity contribution is 0.390. The molecule has 0 saturated heterocycles. The maximum atomic E-state index is 6.03. The molecule has 0 radical (unpaired) electrons. The van der Waals surface area contributed by atoms with E-state index in [0.717, 1.165) is 22.7 Å². The topological polar surface area (TPSA) is 30.5 Å². The van der Waals surface area contributed by atoms with Crippen LogP contribution in [-0.4, -0.2) is 14.2 Å². The number of nitrogens with one attached hydrogen (secondary N) is 1. The van der Waals surface area contributed by atoms with Gasteiger partial charge in [0.1, 0.15) is 11.5 Å². The molecule has 0 aromatic heterocycles. The van der Waals surface area contributed by atoms with Crippen molar-refractivity contribution in [2.24, 2.45) is 0 Å². The minimum absolute atomic E-state index is 0.0445. The smallest absolute Gasteiger partial charge is 0.127 e. The maximum absolute atomic E-state index is 6.03. The van der Waals surface area contributed by atoms with Crippen molar-refractivity contribution in [3.8, 4) is 11.5 Å². The first-order chi connectivity index (χ1) is 10.0.